The Morgan fingerprint density at radius 3 is 2.62 bits per heavy atom. The second kappa shape index (κ2) is 4.40. The second-order valence-electron chi connectivity index (χ2n) is 4.54. The maximum Gasteiger partial charge on any atom is 0.0768 e. The summed E-state index contributed by atoms with van der Waals surface area (Å²) in [6.45, 7) is 7.79. The molecule has 1 saturated heterocycles. The zero-order chi connectivity index (χ0) is 9.90. The molecule has 0 aromatic rings. The number of hydrogen-bond acceptors (Lipinski definition) is 3. The summed E-state index contributed by atoms with van der Waals surface area (Å²) in [5.74, 6) is 0.804. The molecule has 0 aromatic heterocycles. The van der Waals surface area contributed by atoms with Crippen LogP contribution in [0.5, 0.6) is 0 Å². The smallest absolute Gasteiger partial charge is 0.0768 e. The Balaban J connectivity index is 2.17. The fraction of sp³-hybridized carbons (Fsp3) is 1.00. The number of nitrogens with zero attached hydrogens (tertiary/aromatic N) is 1. The molecule has 78 valence electrons. The number of methoxy groups -OCH3 is 1. The summed E-state index contributed by atoms with van der Waals surface area (Å²) in [5, 5.41) is 9.95. The topological polar surface area (TPSA) is 32.7 Å². The van der Waals surface area contributed by atoms with Crippen LogP contribution in [0.3, 0.4) is 0 Å². The Labute approximate surface area is 80.7 Å². The standard InChI is InChI=1S/C10H21NO2/c1-9-6-11(7-9)8-10(2,12)4-5-13-3/h9,12H,4-8H2,1-3H3. The lowest BCUT2D eigenvalue weighted by Crippen LogP contribution is -2.52. The van der Waals surface area contributed by atoms with Gasteiger partial charge in [0.15, 0.2) is 0 Å². The summed E-state index contributed by atoms with van der Waals surface area (Å²) < 4.78 is 4.95. The lowest BCUT2D eigenvalue weighted by atomic mass is 9.96. The molecule has 0 bridgehead atoms. The quantitative estimate of drug-likeness (QED) is 0.688. The summed E-state index contributed by atoms with van der Waals surface area (Å²) in [6, 6.07) is 0. The van der Waals surface area contributed by atoms with E-state index in [1.165, 1.54) is 0 Å². The molecule has 0 saturated carbocycles. The third-order valence-corrected chi connectivity index (χ3v) is 2.55. The van der Waals surface area contributed by atoms with Gasteiger partial charge in [0.2, 0.25) is 0 Å². The molecule has 1 aliphatic heterocycles. The van der Waals surface area contributed by atoms with Crippen LogP contribution < -0.4 is 0 Å². The Morgan fingerprint density at radius 2 is 2.15 bits per heavy atom. The molecule has 1 heterocycles. The average molecular weight is 187 g/mol. The normalized spacial score (nSPS) is 24.0. The first-order chi connectivity index (χ1) is 6.03. The van der Waals surface area contributed by atoms with Crippen LogP contribution in [0.15, 0.2) is 0 Å². The highest BCUT2D eigenvalue weighted by atomic mass is 16.5. The molecule has 1 rings (SSSR count). The van der Waals surface area contributed by atoms with Crippen LogP contribution in [0, 0.1) is 5.92 Å². The molecule has 1 atom stereocenters. The minimum atomic E-state index is -0.587. The molecular formula is C10H21NO2. The van der Waals surface area contributed by atoms with Crippen molar-refractivity contribution in [1.29, 1.82) is 0 Å². The minimum absolute atomic E-state index is 0.587. The van der Waals surface area contributed by atoms with Crippen LogP contribution in [-0.4, -0.2) is 49.0 Å². The minimum Gasteiger partial charge on any atom is -0.389 e. The molecule has 0 amide bonds. The van der Waals surface area contributed by atoms with Gasteiger partial charge in [0.25, 0.3) is 0 Å². The van der Waals surface area contributed by atoms with Crippen molar-refractivity contribution in [1.82, 2.24) is 4.90 Å². The number of hydrogen-bond donors (Lipinski definition) is 1. The highest BCUT2D eigenvalue weighted by molar-refractivity contribution is 4.84. The van der Waals surface area contributed by atoms with E-state index in [9.17, 15) is 5.11 Å². The number of aliphatic hydroxyl groups is 1. The van der Waals surface area contributed by atoms with E-state index < -0.39 is 5.60 Å². The van der Waals surface area contributed by atoms with Gasteiger partial charge in [0.1, 0.15) is 0 Å². The van der Waals surface area contributed by atoms with Crippen molar-refractivity contribution in [2.75, 3.05) is 33.4 Å². The molecule has 0 radical (unpaired) electrons. The van der Waals surface area contributed by atoms with Crippen LogP contribution in [0.25, 0.3) is 0 Å². The van der Waals surface area contributed by atoms with E-state index in [1.807, 2.05) is 6.92 Å². The summed E-state index contributed by atoms with van der Waals surface area (Å²) in [4.78, 5) is 2.29. The Bertz CT molecular complexity index is 153. The number of rotatable bonds is 5. The maximum absolute atomic E-state index is 9.95. The monoisotopic (exact) mass is 187 g/mol. The van der Waals surface area contributed by atoms with Crippen LogP contribution >= 0.6 is 0 Å². The van der Waals surface area contributed by atoms with Crippen molar-refractivity contribution in [3.05, 3.63) is 0 Å². The summed E-state index contributed by atoms with van der Waals surface area (Å²) in [5.41, 5.74) is -0.587. The van der Waals surface area contributed by atoms with Gasteiger partial charge in [-0.05, 0) is 12.8 Å². The third kappa shape index (κ3) is 3.63. The molecule has 13 heavy (non-hydrogen) atoms. The zero-order valence-corrected chi connectivity index (χ0v) is 8.92. The molecule has 0 aromatic carbocycles. The van der Waals surface area contributed by atoms with Crippen molar-refractivity contribution in [3.63, 3.8) is 0 Å². The van der Waals surface area contributed by atoms with E-state index in [0.717, 1.165) is 25.6 Å². The summed E-state index contributed by atoms with van der Waals surface area (Å²) in [6.07, 6.45) is 0.717. The van der Waals surface area contributed by atoms with Gasteiger partial charge >= 0.3 is 0 Å². The van der Waals surface area contributed by atoms with E-state index in [0.29, 0.717) is 13.0 Å². The molecule has 1 fully saturated rings. The van der Waals surface area contributed by atoms with Gasteiger partial charge in [0.05, 0.1) is 5.60 Å². The fourth-order valence-electron chi connectivity index (χ4n) is 1.84. The molecule has 1 unspecified atom stereocenters. The van der Waals surface area contributed by atoms with Gasteiger partial charge in [-0.1, -0.05) is 6.92 Å². The van der Waals surface area contributed by atoms with Gasteiger partial charge < -0.3 is 9.84 Å². The Morgan fingerprint density at radius 1 is 1.54 bits per heavy atom. The summed E-state index contributed by atoms with van der Waals surface area (Å²) >= 11 is 0. The first kappa shape index (κ1) is 11.0. The Kier molecular flexibility index (Phi) is 3.71. The van der Waals surface area contributed by atoms with Crippen molar-refractivity contribution in [2.24, 2.45) is 5.92 Å². The lowest BCUT2D eigenvalue weighted by Gasteiger charge is -2.41. The molecule has 3 nitrogen and oxygen atoms in total. The van der Waals surface area contributed by atoms with Crippen molar-refractivity contribution < 1.29 is 9.84 Å². The fourth-order valence-corrected chi connectivity index (χ4v) is 1.84. The number of ether oxygens (including phenoxy) is 1. The second-order valence-corrected chi connectivity index (χ2v) is 4.54. The van der Waals surface area contributed by atoms with Gasteiger partial charge in [-0.25, -0.2) is 0 Å². The highest BCUT2D eigenvalue weighted by Crippen LogP contribution is 2.19. The van der Waals surface area contributed by atoms with Crippen molar-refractivity contribution in [2.45, 2.75) is 25.9 Å². The predicted molar refractivity (Wildman–Crippen MR) is 52.7 cm³/mol. The molecule has 1 aliphatic rings. The third-order valence-electron chi connectivity index (χ3n) is 2.55. The van der Waals surface area contributed by atoms with Crippen LogP contribution in [-0.2, 0) is 4.74 Å². The molecule has 1 N–H and O–H groups in total. The lowest BCUT2D eigenvalue weighted by molar-refractivity contribution is -0.0328. The zero-order valence-electron chi connectivity index (χ0n) is 8.92. The number of likely N-dealkylation sites (tertiary alicyclic amines) is 1. The van der Waals surface area contributed by atoms with Crippen LogP contribution in [0.1, 0.15) is 20.3 Å². The van der Waals surface area contributed by atoms with E-state index in [-0.39, 0.29) is 0 Å². The SMILES string of the molecule is COCCC(C)(O)CN1CC(C)C1. The van der Waals surface area contributed by atoms with E-state index in [4.69, 9.17) is 4.74 Å². The van der Waals surface area contributed by atoms with E-state index >= 15 is 0 Å². The predicted octanol–water partition coefficient (Wildman–Crippen LogP) is 0.726. The molecule has 0 aliphatic carbocycles. The largest absolute Gasteiger partial charge is 0.389 e. The first-order valence-corrected chi connectivity index (χ1v) is 4.97. The Hall–Kier alpha value is -0.120. The summed E-state index contributed by atoms with van der Waals surface area (Å²) in [7, 11) is 1.67. The molecular weight excluding hydrogens is 166 g/mol. The first-order valence-electron chi connectivity index (χ1n) is 4.97. The van der Waals surface area contributed by atoms with Crippen LogP contribution in [0.2, 0.25) is 0 Å². The van der Waals surface area contributed by atoms with Gasteiger partial charge in [-0.2, -0.15) is 0 Å². The highest BCUT2D eigenvalue weighted by Gasteiger charge is 2.29. The number of β-amino-alcohol motifs (C(OH)–C–C–N with tert-alkyl or cyclic N) is 1. The van der Waals surface area contributed by atoms with Crippen molar-refractivity contribution in [3.8, 4) is 0 Å². The molecule has 3 heteroatoms. The van der Waals surface area contributed by atoms with E-state index in [1.54, 1.807) is 7.11 Å². The van der Waals surface area contributed by atoms with Crippen molar-refractivity contribution >= 4 is 0 Å². The van der Waals surface area contributed by atoms with Gasteiger partial charge in [-0.3, -0.25) is 4.90 Å². The van der Waals surface area contributed by atoms with Crippen LogP contribution in [0.4, 0.5) is 0 Å². The average Bonchev–Trinajstić information content (AvgIpc) is 1.98. The van der Waals surface area contributed by atoms with E-state index in [2.05, 4.69) is 11.8 Å². The maximum atomic E-state index is 9.95. The van der Waals surface area contributed by atoms with Gasteiger partial charge in [-0.15, -0.1) is 0 Å². The van der Waals surface area contributed by atoms with Gasteiger partial charge in [0, 0.05) is 39.8 Å². The molecule has 0 spiro atoms.